The molecule has 6 heteroatoms. The van der Waals surface area contributed by atoms with Crippen molar-refractivity contribution < 1.29 is 19.0 Å². The van der Waals surface area contributed by atoms with Gasteiger partial charge < -0.3 is 15.2 Å². The van der Waals surface area contributed by atoms with Gasteiger partial charge in [0.15, 0.2) is 0 Å². The molecule has 1 aromatic carbocycles. The molecule has 0 bridgehead atoms. The van der Waals surface area contributed by atoms with Crippen LogP contribution in [0.15, 0.2) is 36.4 Å². The Morgan fingerprint density at radius 2 is 2.00 bits per heavy atom. The lowest BCUT2D eigenvalue weighted by atomic mass is 9.94. The van der Waals surface area contributed by atoms with Gasteiger partial charge in [-0.1, -0.05) is 18.2 Å². The number of carbonyl (C=O) groups is 1. The van der Waals surface area contributed by atoms with Crippen molar-refractivity contribution in [2.75, 3.05) is 19.8 Å². The van der Waals surface area contributed by atoms with Gasteiger partial charge in [0, 0.05) is 43.0 Å². The van der Waals surface area contributed by atoms with Gasteiger partial charge in [0.2, 0.25) is 0 Å². The molecule has 122 valence electrons. The fraction of sp³-hybridized carbons (Fsp3) is 0.353. The van der Waals surface area contributed by atoms with E-state index < -0.39 is 5.60 Å². The van der Waals surface area contributed by atoms with Crippen molar-refractivity contribution in [3.8, 4) is 10.4 Å². The van der Waals surface area contributed by atoms with Crippen molar-refractivity contribution >= 4 is 17.2 Å². The fourth-order valence-electron chi connectivity index (χ4n) is 2.53. The summed E-state index contributed by atoms with van der Waals surface area (Å²) in [7, 11) is 0. The van der Waals surface area contributed by atoms with E-state index in [1.165, 1.54) is 17.4 Å². The van der Waals surface area contributed by atoms with Crippen molar-refractivity contribution in [1.29, 1.82) is 0 Å². The Morgan fingerprint density at radius 3 is 2.74 bits per heavy atom. The minimum absolute atomic E-state index is 0.197. The van der Waals surface area contributed by atoms with E-state index in [-0.39, 0.29) is 18.3 Å². The Morgan fingerprint density at radius 1 is 1.26 bits per heavy atom. The highest BCUT2D eigenvalue weighted by molar-refractivity contribution is 7.17. The fourth-order valence-corrected chi connectivity index (χ4v) is 3.48. The van der Waals surface area contributed by atoms with E-state index in [0.717, 1.165) is 0 Å². The van der Waals surface area contributed by atoms with Gasteiger partial charge in [-0.05, 0) is 18.2 Å². The summed E-state index contributed by atoms with van der Waals surface area (Å²) in [5.74, 6) is -0.560. The summed E-state index contributed by atoms with van der Waals surface area (Å²) in [6.07, 6.45) is 1.02. The van der Waals surface area contributed by atoms with Crippen LogP contribution in [-0.4, -0.2) is 36.4 Å². The van der Waals surface area contributed by atoms with Crippen LogP contribution in [0.5, 0.6) is 0 Å². The third-order valence-corrected chi connectivity index (χ3v) is 5.09. The molecule has 0 atom stereocenters. The van der Waals surface area contributed by atoms with Crippen molar-refractivity contribution in [3.63, 3.8) is 0 Å². The topological polar surface area (TPSA) is 58.6 Å². The number of aliphatic hydroxyl groups is 1. The molecule has 0 unspecified atom stereocenters. The molecule has 3 rings (SSSR count). The first-order valence-electron chi connectivity index (χ1n) is 7.50. The minimum Gasteiger partial charge on any atom is -0.388 e. The molecule has 1 amide bonds. The van der Waals surface area contributed by atoms with Crippen molar-refractivity contribution in [2.45, 2.75) is 18.4 Å². The lowest BCUT2D eigenvalue weighted by Gasteiger charge is -2.31. The number of nitrogens with one attached hydrogen (secondary N) is 1. The highest BCUT2D eigenvalue weighted by Crippen LogP contribution is 2.30. The largest absolute Gasteiger partial charge is 0.388 e. The number of carbonyl (C=O) groups excluding carboxylic acids is 1. The van der Waals surface area contributed by atoms with Crippen molar-refractivity contribution in [3.05, 3.63) is 47.1 Å². The molecule has 2 N–H and O–H groups in total. The smallest absolute Gasteiger partial charge is 0.261 e. The molecule has 1 fully saturated rings. The van der Waals surface area contributed by atoms with Crippen LogP contribution in [0.25, 0.3) is 10.4 Å². The number of hydrogen-bond acceptors (Lipinski definition) is 4. The summed E-state index contributed by atoms with van der Waals surface area (Å²) < 4.78 is 19.0. The average molecular weight is 335 g/mol. The van der Waals surface area contributed by atoms with Crippen LogP contribution >= 0.6 is 11.3 Å². The molecule has 0 spiro atoms. The second-order valence-corrected chi connectivity index (χ2v) is 6.75. The minimum atomic E-state index is -0.903. The molecule has 1 saturated heterocycles. The second kappa shape index (κ2) is 6.78. The molecule has 1 aliphatic rings. The Hall–Kier alpha value is -1.76. The summed E-state index contributed by atoms with van der Waals surface area (Å²) >= 11 is 1.24. The van der Waals surface area contributed by atoms with Gasteiger partial charge in [-0.25, -0.2) is 4.39 Å². The maximum Gasteiger partial charge on any atom is 0.261 e. The molecule has 0 radical (unpaired) electrons. The van der Waals surface area contributed by atoms with E-state index in [1.807, 2.05) is 0 Å². The molecule has 2 aromatic rings. The Labute approximate surface area is 137 Å². The van der Waals surface area contributed by atoms with Gasteiger partial charge in [-0.15, -0.1) is 11.3 Å². The van der Waals surface area contributed by atoms with Gasteiger partial charge in [-0.2, -0.15) is 0 Å². The van der Waals surface area contributed by atoms with Crippen LogP contribution in [0.4, 0.5) is 4.39 Å². The third-order valence-electron chi connectivity index (χ3n) is 3.97. The number of halogens is 1. The van der Waals surface area contributed by atoms with Gasteiger partial charge in [0.25, 0.3) is 5.91 Å². The summed E-state index contributed by atoms with van der Waals surface area (Å²) in [5, 5.41) is 13.1. The van der Waals surface area contributed by atoms with Crippen LogP contribution < -0.4 is 5.32 Å². The molecule has 0 aliphatic carbocycles. The van der Waals surface area contributed by atoms with Crippen LogP contribution in [0.2, 0.25) is 0 Å². The Balaban J connectivity index is 1.66. The van der Waals surface area contributed by atoms with E-state index in [0.29, 0.717) is 41.4 Å². The maximum absolute atomic E-state index is 13.8. The first kappa shape index (κ1) is 16.1. The SMILES string of the molecule is O=C(NCC1(O)CCOCC1)c1ccc(-c2ccccc2F)s1. The number of amides is 1. The van der Waals surface area contributed by atoms with E-state index >= 15 is 0 Å². The standard InChI is InChI=1S/C17H18FNO3S/c18-13-4-2-1-3-12(13)14-5-6-15(23-14)16(20)19-11-17(21)7-9-22-10-8-17/h1-6,21H,7-11H2,(H,19,20). The molecule has 23 heavy (non-hydrogen) atoms. The third kappa shape index (κ3) is 3.77. The lowest BCUT2D eigenvalue weighted by molar-refractivity contribution is -0.0605. The summed E-state index contributed by atoms with van der Waals surface area (Å²) in [6.45, 7) is 1.20. The normalized spacial score (nSPS) is 17.0. The van der Waals surface area contributed by atoms with Gasteiger partial charge in [0.05, 0.1) is 10.5 Å². The average Bonchev–Trinajstić information content (AvgIpc) is 3.04. The van der Waals surface area contributed by atoms with Crippen LogP contribution in [0.3, 0.4) is 0 Å². The van der Waals surface area contributed by atoms with Gasteiger partial charge in [-0.3, -0.25) is 4.79 Å². The molecule has 1 aliphatic heterocycles. The molecule has 2 heterocycles. The highest BCUT2D eigenvalue weighted by atomic mass is 32.1. The van der Waals surface area contributed by atoms with Crippen LogP contribution in [-0.2, 0) is 4.74 Å². The predicted octanol–water partition coefficient (Wildman–Crippen LogP) is 2.83. The van der Waals surface area contributed by atoms with E-state index in [2.05, 4.69) is 5.32 Å². The Bertz CT molecular complexity index is 695. The molecule has 4 nitrogen and oxygen atoms in total. The Kier molecular flexibility index (Phi) is 4.75. The zero-order valence-corrected chi connectivity index (χ0v) is 13.4. The van der Waals surface area contributed by atoms with Gasteiger partial charge >= 0.3 is 0 Å². The monoisotopic (exact) mass is 335 g/mol. The zero-order chi connectivity index (χ0) is 16.3. The second-order valence-electron chi connectivity index (χ2n) is 5.66. The van der Waals surface area contributed by atoms with Gasteiger partial charge in [0.1, 0.15) is 5.82 Å². The number of hydrogen-bond donors (Lipinski definition) is 2. The lowest BCUT2D eigenvalue weighted by Crippen LogP contribution is -2.46. The summed E-state index contributed by atoms with van der Waals surface area (Å²) in [6, 6.07) is 9.90. The molecular weight excluding hydrogens is 317 g/mol. The first-order valence-corrected chi connectivity index (χ1v) is 8.32. The summed E-state index contributed by atoms with van der Waals surface area (Å²) in [5.41, 5.74) is -0.417. The maximum atomic E-state index is 13.8. The van der Waals surface area contributed by atoms with E-state index in [4.69, 9.17) is 4.74 Å². The van der Waals surface area contributed by atoms with E-state index in [9.17, 15) is 14.3 Å². The number of thiophene rings is 1. The molecule has 0 saturated carbocycles. The van der Waals surface area contributed by atoms with Crippen LogP contribution in [0.1, 0.15) is 22.5 Å². The quantitative estimate of drug-likeness (QED) is 0.903. The predicted molar refractivity (Wildman–Crippen MR) is 87.0 cm³/mol. The molecular formula is C17H18FNO3S. The van der Waals surface area contributed by atoms with Crippen molar-refractivity contribution in [2.24, 2.45) is 0 Å². The zero-order valence-electron chi connectivity index (χ0n) is 12.5. The first-order chi connectivity index (χ1) is 11.1. The molecule has 1 aromatic heterocycles. The number of benzene rings is 1. The van der Waals surface area contributed by atoms with Crippen molar-refractivity contribution in [1.82, 2.24) is 5.32 Å². The highest BCUT2D eigenvalue weighted by Gasteiger charge is 2.30. The number of ether oxygens (including phenoxy) is 1. The van der Waals surface area contributed by atoms with E-state index in [1.54, 1.807) is 30.3 Å². The summed E-state index contributed by atoms with van der Waals surface area (Å²) in [4.78, 5) is 13.4. The number of rotatable bonds is 4. The van der Waals surface area contributed by atoms with Crippen LogP contribution in [0, 0.1) is 5.82 Å².